The molecule has 0 radical (unpaired) electrons. The fourth-order valence-electron chi connectivity index (χ4n) is 2.60. The van der Waals surface area contributed by atoms with Gasteiger partial charge in [0, 0.05) is 18.7 Å². The summed E-state index contributed by atoms with van der Waals surface area (Å²) in [5.74, 6) is 1.64. The second-order valence-corrected chi connectivity index (χ2v) is 6.70. The third-order valence-corrected chi connectivity index (χ3v) is 4.87. The van der Waals surface area contributed by atoms with E-state index in [0.717, 1.165) is 35.4 Å². The number of rotatable bonds is 2. The summed E-state index contributed by atoms with van der Waals surface area (Å²) in [7, 11) is 0. The Balaban J connectivity index is 2.03. The lowest BCUT2D eigenvalue weighted by Gasteiger charge is -2.34. The topological polar surface area (TPSA) is 40.5 Å². The van der Waals surface area contributed by atoms with Gasteiger partial charge in [-0.15, -0.1) is 0 Å². The molecule has 19 heavy (non-hydrogen) atoms. The molecule has 1 aliphatic rings. The molecule has 4 heteroatoms. The lowest BCUT2D eigenvalue weighted by molar-refractivity contribution is 0.0667. The van der Waals surface area contributed by atoms with Gasteiger partial charge in [-0.1, -0.05) is 13.8 Å². The average Bonchev–Trinajstić information content (AvgIpc) is 2.41. The maximum Gasteiger partial charge on any atom is 0.253 e. The van der Waals surface area contributed by atoms with Crippen LogP contribution in [0, 0.1) is 15.4 Å². The molecular formula is C15H20INO2. The normalized spacial score (nSPS) is 16.9. The Morgan fingerprint density at radius 1 is 1.37 bits per heavy atom. The van der Waals surface area contributed by atoms with Crippen molar-refractivity contribution in [1.29, 1.82) is 0 Å². The molecule has 1 heterocycles. The quantitative estimate of drug-likeness (QED) is 0.807. The molecule has 0 spiro atoms. The van der Waals surface area contributed by atoms with Gasteiger partial charge in [-0.2, -0.15) is 0 Å². The Bertz CT molecular complexity index is 465. The van der Waals surface area contributed by atoms with Gasteiger partial charge in [0.15, 0.2) is 0 Å². The smallest absolute Gasteiger partial charge is 0.253 e. The van der Waals surface area contributed by atoms with E-state index in [1.165, 1.54) is 0 Å². The highest BCUT2D eigenvalue weighted by atomic mass is 127. The van der Waals surface area contributed by atoms with Crippen molar-refractivity contribution in [3.8, 4) is 5.75 Å². The number of phenols is 1. The van der Waals surface area contributed by atoms with E-state index >= 15 is 0 Å². The Hall–Kier alpha value is -0.780. The summed E-state index contributed by atoms with van der Waals surface area (Å²) in [5.41, 5.74) is 0.584. The third kappa shape index (κ3) is 3.41. The first-order valence-corrected chi connectivity index (χ1v) is 7.84. The highest BCUT2D eigenvalue weighted by Crippen LogP contribution is 2.26. The van der Waals surface area contributed by atoms with Gasteiger partial charge >= 0.3 is 0 Å². The van der Waals surface area contributed by atoms with Crippen molar-refractivity contribution in [2.24, 2.45) is 11.8 Å². The van der Waals surface area contributed by atoms with Crippen LogP contribution in [-0.4, -0.2) is 29.0 Å². The second-order valence-electron chi connectivity index (χ2n) is 5.54. The Labute approximate surface area is 128 Å². The molecule has 1 aromatic rings. The van der Waals surface area contributed by atoms with Gasteiger partial charge in [0.25, 0.3) is 5.91 Å². The molecule has 1 aliphatic heterocycles. The third-order valence-electron chi connectivity index (χ3n) is 3.96. The predicted octanol–water partition coefficient (Wildman–Crippen LogP) is 3.51. The largest absolute Gasteiger partial charge is 0.507 e. The van der Waals surface area contributed by atoms with Crippen molar-refractivity contribution in [2.75, 3.05) is 13.1 Å². The van der Waals surface area contributed by atoms with Crippen LogP contribution in [0.15, 0.2) is 18.2 Å². The molecule has 1 amide bonds. The lowest BCUT2D eigenvalue weighted by atomic mass is 9.86. The fraction of sp³-hybridized carbons (Fsp3) is 0.533. The monoisotopic (exact) mass is 373 g/mol. The van der Waals surface area contributed by atoms with Crippen molar-refractivity contribution < 1.29 is 9.90 Å². The number of likely N-dealkylation sites (tertiary alicyclic amines) is 1. The maximum absolute atomic E-state index is 12.4. The zero-order valence-corrected chi connectivity index (χ0v) is 13.6. The van der Waals surface area contributed by atoms with Gasteiger partial charge in [-0.3, -0.25) is 4.79 Å². The molecule has 1 fully saturated rings. The van der Waals surface area contributed by atoms with E-state index < -0.39 is 0 Å². The first-order valence-electron chi connectivity index (χ1n) is 6.77. The van der Waals surface area contributed by atoms with Crippen LogP contribution in [0.4, 0.5) is 0 Å². The molecule has 1 aromatic carbocycles. The number of amides is 1. The van der Waals surface area contributed by atoms with Crippen molar-refractivity contribution in [3.05, 3.63) is 27.3 Å². The number of hydrogen-bond acceptors (Lipinski definition) is 2. The molecule has 1 saturated heterocycles. The highest BCUT2D eigenvalue weighted by molar-refractivity contribution is 14.1. The maximum atomic E-state index is 12.4. The van der Waals surface area contributed by atoms with Crippen molar-refractivity contribution in [2.45, 2.75) is 26.7 Å². The number of carbonyl (C=O) groups excluding carboxylic acids is 1. The molecule has 0 aromatic heterocycles. The van der Waals surface area contributed by atoms with Gasteiger partial charge in [0.2, 0.25) is 0 Å². The standard InChI is InChI=1S/C15H20INO2/c1-10(2)11-5-7-17(8-6-11)15(19)12-3-4-13(16)14(18)9-12/h3-4,9-11,18H,5-8H2,1-2H3. The molecule has 0 bridgehead atoms. The van der Waals surface area contributed by atoms with E-state index in [0.29, 0.717) is 11.5 Å². The van der Waals surface area contributed by atoms with Gasteiger partial charge in [0.1, 0.15) is 5.75 Å². The van der Waals surface area contributed by atoms with Gasteiger partial charge in [0.05, 0.1) is 3.57 Å². The summed E-state index contributed by atoms with van der Waals surface area (Å²) in [4.78, 5) is 14.3. The Kier molecular flexibility index (Phi) is 4.71. The summed E-state index contributed by atoms with van der Waals surface area (Å²) in [6.45, 7) is 6.15. The van der Waals surface area contributed by atoms with E-state index in [2.05, 4.69) is 36.4 Å². The summed E-state index contributed by atoms with van der Waals surface area (Å²) < 4.78 is 0.771. The molecule has 2 rings (SSSR count). The summed E-state index contributed by atoms with van der Waals surface area (Å²) in [6.07, 6.45) is 2.17. The van der Waals surface area contributed by atoms with Crippen LogP contribution in [0.5, 0.6) is 5.75 Å². The molecule has 0 atom stereocenters. The lowest BCUT2D eigenvalue weighted by Crippen LogP contribution is -2.39. The van der Waals surface area contributed by atoms with E-state index in [1.54, 1.807) is 18.2 Å². The number of aromatic hydroxyl groups is 1. The second kappa shape index (κ2) is 6.11. The molecule has 0 saturated carbocycles. The predicted molar refractivity (Wildman–Crippen MR) is 84.3 cm³/mol. The summed E-state index contributed by atoms with van der Waals surface area (Å²) >= 11 is 2.05. The van der Waals surface area contributed by atoms with E-state index in [1.807, 2.05) is 4.90 Å². The Morgan fingerprint density at radius 3 is 2.53 bits per heavy atom. The first kappa shape index (κ1) is 14.6. The van der Waals surface area contributed by atoms with E-state index in [9.17, 15) is 9.90 Å². The van der Waals surface area contributed by atoms with Gasteiger partial charge in [-0.25, -0.2) is 0 Å². The van der Waals surface area contributed by atoms with Crippen LogP contribution in [0.1, 0.15) is 37.0 Å². The molecule has 0 aliphatic carbocycles. The zero-order chi connectivity index (χ0) is 14.0. The van der Waals surface area contributed by atoms with E-state index in [4.69, 9.17) is 0 Å². The Morgan fingerprint density at radius 2 is 2.00 bits per heavy atom. The van der Waals surface area contributed by atoms with Gasteiger partial charge < -0.3 is 10.0 Å². The zero-order valence-electron chi connectivity index (χ0n) is 11.4. The number of carbonyl (C=O) groups is 1. The number of hydrogen-bond donors (Lipinski definition) is 1. The summed E-state index contributed by atoms with van der Waals surface area (Å²) in [5, 5.41) is 9.68. The molecule has 3 nitrogen and oxygen atoms in total. The minimum absolute atomic E-state index is 0.0360. The SMILES string of the molecule is CC(C)C1CCN(C(=O)c2ccc(I)c(O)c2)CC1. The minimum atomic E-state index is 0.0360. The van der Waals surface area contributed by atoms with Crippen molar-refractivity contribution in [3.63, 3.8) is 0 Å². The number of phenolic OH excluding ortho intramolecular Hbond substituents is 1. The number of benzene rings is 1. The molecule has 104 valence electrons. The van der Waals surface area contributed by atoms with Crippen LogP contribution in [-0.2, 0) is 0 Å². The van der Waals surface area contributed by atoms with Crippen LogP contribution < -0.4 is 0 Å². The van der Waals surface area contributed by atoms with Crippen LogP contribution in [0.2, 0.25) is 0 Å². The highest BCUT2D eigenvalue weighted by Gasteiger charge is 2.25. The molecular weight excluding hydrogens is 353 g/mol. The van der Waals surface area contributed by atoms with Crippen LogP contribution in [0.3, 0.4) is 0 Å². The number of piperidine rings is 1. The van der Waals surface area contributed by atoms with E-state index in [-0.39, 0.29) is 11.7 Å². The summed E-state index contributed by atoms with van der Waals surface area (Å²) in [6, 6.07) is 5.14. The molecule has 1 N–H and O–H groups in total. The fourth-order valence-corrected chi connectivity index (χ4v) is 2.93. The van der Waals surface area contributed by atoms with Crippen molar-refractivity contribution >= 4 is 28.5 Å². The van der Waals surface area contributed by atoms with Crippen molar-refractivity contribution in [1.82, 2.24) is 4.90 Å². The average molecular weight is 373 g/mol. The van der Waals surface area contributed by atoms with Gasteiger partial charge in [-0.05, 0) is 65.5 Å². The number of halogens is 1. The first-order chi connectivity index (χ1) is 8.99. The molecule has 0 unspecified atom stereocenters. The van der Waals surface area contributed by atoms with Crippen LogP contribution >= 0.6 is 22.6 Å². The minimum Gasteiger partial charge on any atom is -0.507 e. The van der Waals surface area contributed by atoms with Crippen LogP contribution in [0.25, 0.3) is 0 Å². The number of nitrogens with zero attached hydrogens (tertiary/aromatic N) is 1.